The topological polar surface area (TPSA) is 54.9 Å². The van der Waals surface area contributed by atoms with Crippen LogP contribution in [-0.4, -0.2) is 29.5 Å². The summed E-state index contributed by atoms with van der Waals surface area (Å²) >= 11 is 11.2. The van der Waals surface area contributed by atoms with E-state index in [9.17, 15) is 8.42 Å². The lowest BCUT2D eigenvalue weighted by Crippen LogP contribution is -2.10. The first-order valence-corrected chi connectivity index (χ1v) is 8.17. The fourth-order valence-electron chi connectivity index (χ4n) is 2.44. The van der Waals surface area contributed by atoms with Crippen LogP contribution in [0.2, 0.25) is 5.02 Å². The van der Waals surface area contributed by atoms with Gasteiger partial charge in [0, 0.05) is 5.02 Å². The van der Waals surface area contributed by atoms with E-state index < -0.39 is 9.84 Å². The van der Waals surface area contributed by atoms with Crippen molar-refractivity contribution in [2.45, 2.75) is 12.5 Å². The molecule has 96 valence electrons. The zero-order valence-corrected chi connectivity index (χ0v) is 11.8. The Bertz CT molecular complexity index is 776. The number of halogens is 1. The highest BCUT2D eigenvalue weighted by molar-refractivity contribution is 7.91. The summed E-state index contributed by atoms with van der Waals surface area (Å²) in [6, 6.07) is 5.38. The lowest BCUT2D eigenvalue weighted by molar-refractivity contribution is 0.563. The molecule has 4 nitrogen and oxygen atoms in total. The molecule has 1 saturated heterocycles. The van der Waals surface area contributed by atoms with E-state index >= 15 is 0 Å². The molecule has 2 heterocycles. The van der Waals surface area contributed by atoms with Crippen LogP contribution in [0.15, 0.2) is 18.2 Å². The summed E-state index contributed by atoms with van der Waals surface area (Å²) in [6.07, 6.45) is 0.617. The van der Waals surface area contributed by atoms with Crippen LogP contribution in [0.1, 0.15) is 12.5 Å². The van der Waals surface area contributed by atoms with Gasteiger partial charge in [-0.25, -0.2) is 8.42 Å². The van der Waals surface area contributed by atoms with Crippen molar-refractivity contribution in [1.82, 2.24) is 9.55 Å². The number of nitrogens with zero attached hydrogens (tertiary/aromatic N) is 1. The van der Waals surface area contributed by atoms with E-state index in [2.05, 4.69) is 4.98 Å². The fourth-order valence-corrected chi connectivity index (χ4v) is 4.67. The van der Waals surface area contributed by atoms with E-state index in [1.165, 1.54) is 0 Å². The van der Waals surface area contributed by atoms with Crippen LogP contribution in [0.4, 0.5) is 0 Å². The average molecular weight is 303 g/mol. The third kappa shape index (κ3) is 1.98. The molecular formula is C11H11ClN2O2S2. The molecular weight excluding hydrogens is 292 g/mol. The predicted octanol–water partition coefficient (Wildman–Crippen LogP) is 2.71. The van der Waals surface area contributed by atoms with Gasteiger partial charge in [0.15, 0.2) is 14.6 Å². The SMILES string of the molecule is O=S1(=O)CCC(n2c(=S)[nH]c3cc(Cl)ccc32)C1. The maximum Gasteiger partial charge on any atom is 0.178 e. The summed E-state index contributed by atoms with van der Waals surface area (Å²) in [7, 11) is -2.92. The third-order valence-corrected chi connectivity index (χ3v) is 5.54. The standard InChI is InChI=1S/C11H11ClN2O2S2/c12-7-1-2-10-9(5-7)13-11(17)14(10)8-3-4-18(15,16)6-8/h1-2,5,8H,3-4,6H2,(H,13,17). The fraction of sp³-hybridized carbons (Fsp3) is 0.364. The number of sulfone groups is 1. The molecule has 0 spiro atoms. The quantitative estimate of drug-likeness (QED) is 0.824. The first-order valence-electron chi connectivity index (χ1n) is 5.56. The normalized spacial score (nSPS) is 22.6. The largest absolute Gasteiger partial charge is 0.331 e. The van der Waals surface area contributed by atoms with Crippen molar-refractivity contribution in [3.63, 3.8) is 0 Å². The van der Waals surface area contributed by atoms with Gasteiger partial charge in [0.1, 0.15) is 0 Å². The number of benzene rings is 1. The van der Waals surface area contributed by atoms with E-state index in [0.29, 0.717) is 16.2 Å². The van der Waals surface area contributed by atoms with Crippen molar-refractivity contribution in [3.05, 3.63) is 28.0 Å². The Balaban J connectivity index is 2.18. The van der Waals surface area contributed by atoms with Crippen LogP contribution in [-0.2, 0) is 9.84 Å². The van der Waals surface area contributed by atoms with E-state index in [-0.39, 0.29) is 17.5 Å². The number of H-pyrrole nitrogens is 1. The lowest BCUT2D eigenvalue weighted by atomic mass is 10.2. The van der Waals surface area contributed by atoms with Gasteiger partial charge in [-0.15, -0.1) is 0 Å². The van der Waals surface area contributed by atoms with Crippen LogP contribution in [0.3, 0.4) is 0 Å². The summed E-state index contributed by atoms with van der Waals surface area (Å²) in [5.74, 6) is 0.399. The monoisotopic (exact) mass is 302 g/mol. The Morgan fingerprint density at radius 2 is 2.22 bits per heavy atom. The summed E-state index contributed by atoms with van der Waals surface area (Å²) in [5.41, 5.74) is 1.75. The average Bonchev–Trinajstić information content (AvgIpc) is 2.77. The molecule has 3 rings (SSSR count). The summed E-state index contributed by atoms with van der Waals surface area (Å²) in [6.45, 7) is 0. The Morgan fingerprint density at radius 1 is 1.44 bits per heavy atom. The van der Waals surface area contributed by atoms with Crippen LogP contribution in [0, 0.1) is 4.77 Å². The van der Waals surface area contributed by atoms with Gasteiger partial charge in [-0.2, -0.15) is 0 Å². The number of hydrogen-bond donors (Lipinski definition) is 1. The minimum absolute atomic E-state index is 0.0718. The smallest absolute Gasteiger partial charge is 0.178 e. The minimum Gasteiger partial charge on any atom is -0.331 e. The maximum atomic E-state index is 11.6. The number of aromatic nitrogens is 2. The molecule has 1 aromatic carbocycles. The molecule has 0 radical (unpaired) electrons. The summed E-state index contributed by atoms with van der Waals surface area (Å²) in [4.78, 5) is 3.07. The zero-order valence-electron chi connectivity index (χ0n) is 9.39. The minimum atomic E-state index is -2.92. The second kappa shape index (κ2) is 4.08. The van der Waals surface area contributed by atoms with Crippen LogP contribution in [0.5, 0.6) is 0 Å². The molecule has 1 aliphatic heterocycles. The highest BCUT2D eigenvalue weighted by atomic mass is 35.5. The van der Waals surface area contributed by atoms with E-state index in [0.717, 1.165) is 11.0 Å². The van der Waals surface area contributed by atoms with Gasteiger partial charge in [0.05, 0.1) is 28.6 Å². The number of imidazole rings is 1. The second-order valence-electron chi connectivity index (χ2n) is 4.52. The van der Waals surface area contributed by atoms with Crippen molar-refractivity contribution in [2.24, 2.45) is 0 Å². The van der Waals surface area contributed by atoms with Crippen molar-refractivity contribution in [2.75, 3.05) is 11.5 Å². The van der Waals surface area contributed by atoms with Gasteiger partial charge in [0.2, 0.25) is 0 Å². The van der Waals surface area contributed by atoms with Crippen molar-refractivity contribution < 1.29 is 8.42 Å². The van der Waals surface area contributed by atoms with Crippen molar-refractivity contribution >= 4 is 44.7 Å². The number of aromatic amines is 1. The summed E-state index contributed by atoms with van der Waals surface area (Å²) < 4.78 is 25.6. The van der Waals surface area contributed by atoms with E-state index in [4.69, 9.17) is 23.8 Å². The van der Waals surface area contributed by atoms with Crippen LogP contribution < -0.4 is 0 Å². The second-order valence-corrected chi connectivity index (χ2v) is 7.57. The Kier molecular flexibility index (Phi) is 2.76. The molecule has 18 heavy (non-hydrogen) atoms. The molecule has 0 amide bonds. The van der Waals surface area contributed by atoms with Gasteiger partial charge in [-0.05, 0) is 36.8 Å². The van der Waals surface area contributed by atoms with Crippen LogP contribution in [0.25, 0.3) is 11.0 Å². The molecule has 1 atom stereocenters. The van der Waals surface area contributed by atoms with Crippen molar-refractivity contribution in [3.8, 4) is 0 Å². The molecule has 0 bridgehead atoms. The molecule has 1 aromatic heterocycles. The molecule has 0 aliphatic carbocycles. The molecule has 1 aliphatic rings. The highest BCUT2D eigenvalue weighted by Gasteiger charge is 2.30. The number of hydrogen-bond acceptors (Lipinski definition) is 3. The van der Waals surface area contributed by atoms with Gasteiger partial charge in [-0.1, -0.05) is 11.6 Å². The Morgan fingerprint density at radius 3 is 2.89 bits per heavy atom. The zero-order chi connectivity index (χ0) is 12.9. The first kappa shape index (κ1) is 12.2. The first-order chi connectivity index (χ1) is 8.46. The molecule has 0 saturated carbocycles. The van der Waals surface area contributed by atoms with Gasteiger partial charge in [-0.3, -0.25) is 0 Å². The third-order valence-electron chi connectivity index (χ3n) is 3.25. The van der Waals surface area contributed by atoms with Gasteiger partial charge < -0.3 is 9.55 Å². The molecule has 1 unspecified atom stereocenters. The molecule has 1 fully saturated rings. The van der Waals surface area contributed by atoms with Gasteiger partial charge >= 0.3 is 0 Å². The number of fused-ring (bicyclic) bond motifs is 1. The maximum absolute atomic E-state index is 11.6. The van der Waals surface area contributed by atoms with E-state index in [1.54, 1.807) is 12.1 Å². The van der Waals surface area contributed by atoms with Crippen LogP contribution >= 0.6 is 23.8 Å². The van der Waals surface area contributed by atoms with Crippen molar-refractivity contribution in [1.29, 1.82) is 0 Å². The number of nitrogens with one attached hydrogen (secondary N) is 1. The highest BCUT2D eigenvalue weighted by Crippen LogP contribution is 2.29. The summed E-state index contributed by atoms with van der Waals surface area (Å²) in [5, 5.41) is 0.630. The lowest BCUT2D eigenvalue weighted by Gasteiger charge is -2.11. The Labute approximate surface area is 114 Å². The van der Waals surface area contributed by atoms with E-state index in [1.807, 2.05) is 10.6 Å². The molecule has 2 aromatic rings. The van der Waals surface area contributed by atoms with Gasteiger partial charge in [0.25, 0.3) is 0 Å². The number of rotatable bonds is 1. The molecule has 7 heteroatoms. The predicted molar refractivity (Wildman–Crippen MR) is 74.4 cm³/mol. The molecule has 1 N–H and O–H groups in total. The Hall–Kier alpha value is -0.850.